The minimum atomic E-state index is -1.06. The van der Waals surface area contributed by atoms with Crippen LogP contribution in [0.1, 0.15) is 8.35 Å². The van der Waals surface area contributed by atoms with Gasteiger partial charge in [-0.15, -0.1) is 0 Å². The number of hydrogen-bond donors (Lipinski definition) is 1. The van der Waals surface area contributed by atoms with Gasteiger partial charge < -0.3 is 11.9 Å². The molecule has 0 aromatic rings. The summed E-state index contributed by atoms with van der Waals surface area (Å²) in [6, 6.07) is 0. The van der Waals surface area contributed by atoms with E-state index in [1.165, 1.54) is 0 Å². The summed E-state index contributed by atoms with van der Waals surface area (Å²) in [6.07, 6.45) is -1.06. The number of carbonyl (C=O) groups is 2. The zero-order valence-electron chi connectivity index (χ0n) is 5.80. The zero-order chi connectivity index (χ0) is 5.86. The number of carbonyl (C=O) groups excluding carboxylic acids is 2. The Labute approximate surface area is 90.7 Å². The van der Waals surface area contributed by atoms with Crippen LogP contribution in [0.15, 0.2) is 0 Å². The molecule has 4 nitrogen and oxygen atoms in total. The standard InChI is InChI=1S/C3H5NO3.K.H/c1-2(5)7-3(4)6;;/h1H3,(H2,4,6);;/q;+1;-1. The Balaban J connectivity index is -0.000000180. The minimum absolute atomic E-state index is 0. The van der Waals surface area contributed by atoms with Gasteiger partial charge in [-0.05, 0) is 0 Å². The van der Waals surface area contributed by atoms with Crippen molar-refractivity contribution >= 4 is 12.1 Å². The van der Waals surface area contributed by atoms with Crippen molar-refractivity contribution in [3.05, 3.63) is 0 Å². The molecular weight excluding hydrogens is 137 g/mol. The van der Waals surface area contributed by atoms with E-state index in [0.717, 1.165) is 6.92 Å². The van der Waals surface area contributed by atoms with Crippen molar-refractivity contribution in [3.63, 3.8) is 0 Å². The maximum Gasteiger partial charge on any atom is 1.00 e. The summed E-state index contributed by atoms with van der Waals surface area (Å²) in [5, 5.41) is 0. The van der Waals surface area contributed by atoms with Crippen molar-refractivity contribution in [2.75, 3.05) is 0 Å². The van der Waals surface area contributed by atoms with Crippen LogP contribution in [0.3, 0.4) is 0 Å². The van der Waals surface area contributed by atoms with E-state index in [0.29, 0.717) is 0 Å². The summed E-state index contributed by atoms with van der Waals surface area (Å²) in [5.41, 5.74) is 4.41. The second-order valence-corrected chi connectivity index (χ2v) is 0.913. The molecule has 0 radical (unpaired) electrons. The molecule has 0 saturated carbocycles. The van der Waals surface area contributed by atoms with Crippen LogP contribution in [0.25, 0.3) is 0 Å². The summed E-state index contributed by atoms with van der Waals surface area (Å²) >= 11 is 0. The molecule has 0 spiro atoms. The molecule has 8 heavy (non-hydrogen) atoms. The molecule has 2 N–H and O–H groups in total. The van der Waals surface area contributed by atoms with Crippen molar-refractivity contribution < 1.29 is 67.1 Å². The Morgan fingerprint density at radius 2 is 2.00 bits per heavy atom. The number of hydrogen-bond acceptors (Lipinski definition) is 3. The van der Waals surface area contributed by atoms with Crippen LogP contribution in [0, 0.1) is 0 Å². The van der Waals surface area contributed by atoms with E-state index in [4.69, 9.17) is 0 Å². The van der Waals surface area contributed by atoms with Gasteiger partial charge in [0.25, 0.3) is 0 Å². The maximum absolute atomic E-state index is 9.73. The molecule has 0 unspecified atom stereocenters. The van der Waals surface area contributed by atoms with E-state index in [-0.39, 0.29) is 52.8 Å². The molecule has 0 aliphatic heterocycles. The number of primary amides is 1. The van der Waals surface area contributed by atoms with E-state index in [1.807, 2.05) is 0 Å². The molecule has 0 fully saturated rings. The van der Waals surface area contributed by atoms with Crippen LogP contribution in [0.5, 0.6) is 0 Å². The minimum Gasteiger partial charge on any atom is -1.00 e. The van der Waals surface area contributed by atoms with E-state index in [2.05, 4.69) is 10.5 Å². The van der Waals surface area contributed by atoms with Crippen molar-refractivity contribution in [2.45, 2.75) is 6.92 Å². The molecular formula is C3H6KNO3. The Morgan fingerprint density at radius 1 is 1.62 bits per heavy atom. The van der Waals surface area contributed by atoms with Gasteiger partial charge in [-0.2, -0.15) is 0 Å². The quantitative estimate of drug-likeness (QED) is 0.220. The fraction of sp³-hybridized carbons (Fsp3) is 0.333. The molecule has 42 valence electrons. The van der Waals surface area contributed by atoms with Crippen LogP contribution in [0.2, 0.25) is 0 Å². The molecule has 0 aromatic heterocycles. The van der Waals surface area contributed by atoms with E-state index in [1.54, 1.807) is 0 Å². The third-order valence-electron chi connectivity index (χ3n) is 0.244. The van der Waals surface area contributed by atoms with Gasteiger partial charge in [-0.1, -0.05) is 0 Å². The molecule has 0 saturated heterocycles. The zero-order valence-corrected chi connectivity index (χ0v) is 7.93. The first-order valence-corrected chi connectivity index (χ1v) is 1.61. The molecule has 0 bridgehead atoms. The molecule has 0 aliphatic rings. The number of rotatable bonds is 0. The summed E-state index contributed by atoms with van der Waals surface area (Å²) in [5.74, 6) is -0.687. The second kappa shape index (κ2) is 5.71. The number of nitrogens with two attached hydrogens (primary N) is 1. The Morgan fingerprint density at radius 3 is 2.00 bits per heavy atom. The number of ether oxygens (including phenoxy) is 1. The largest absolute Gasteiger partial charge is 1.00 e. The third-order valence-corrected chi connectivity index (χ3v) is 0.244. The van der Waals surface area contributed by atoms with E-state index >= 15 is 0 Å². The Bertz CT molecular complexity index is 95.2. The van der Waals surface area contributed by atoms with Crippen LogP contribution in [0.4, 0.5) is 4.79 Å². The second-order valence-electron chi connectivity index (χ2n) is 0.913. The smallest absolute Gasteiger partial charge is 1.00 e. The first-order valence-electron chi connectivity index (χ1n) is 1.61. The molecule has 0 heterocycles. The Hall–Kier alpha value is 0.576. The van der Waals surface area contributed by atoms with Gasteiger partial charge >= 0.3 is 63.4 Å². The van der Waals surface area contributed by atoms with E-state index < -0.39 is 12.1 Å². The number of amides is 1. The van der Waals surface area contributed by atoms with Crippen LogP contribution < -0.4 is 57.1 Å². The predicted molar refractivity (Wildman–Crippen MR) is 22.5 cm³/mol. The van der Waals surface area contributed by atoms with Gasteiger partial charge in [-0.3, -0.25) is 4.79 Å². The van der Waals surface area contributed by atoms with E-state index in [9.17, 15) is 9.59 Å². The molecule has 0 aliphatic carbocycles. The summed E-state index contributed by atoms with van der Waals surface area (Å²) in [7, 11) is 0. The SMILES string of the molecule is CC(=O)OC(N)=O.[H-].[K+]. The first kappa shape index (κ1) is 11.4. The third kappa shape index (κ3) is 9.76. The molecule has 0 aromatic carbocycles. The van der Waals surface area contributed by atoms with Gasteiger partial charge in [0.2, 0.25) is 0 Å². The van der Waals surface area contributed by atoms with Crippen molar-refractivity contribution in [3.8, 4) is 0 Å². The predicted octanol–water partition coefficient (Wildman–Crippen LogP) is -3.26. The summed E-state index contributed by atoms with van der Waals surface area (Å²) in [4.78, 5) is 19.3. The van der Waals surface area contributed by atoms with Crippen molar-refractivity contribution in [2.24, 2.45) is 5.73 Å². The van der Waals surface area contributed by atoms with Crippen molar-refractivity contribution in [1.82, 2.24) is 0 Å². The molecule has 5 heteroatoms. The topological polar surface area (TPSA) is 69.4 Å². The summed E-state index contributed by atoms with van der Waals surface area (Å²) < 4.78 is 3.75. The van der Waals surface area contributed by atoms with Crippen LogP contribution in [-0.2, 0) is 9.53 Å². The van der Waals surface area contributed by atoms with Crippen LogP contribution in [-0.4, -0.2) is 12.1 Å². The monoisotopic (exact) mass is 143 g/mol. The average molecular weight is 143 g/mol. The Kier molecular flexibility index (Phi) is 8.12. The van der Waals surface area contributed by atoms with Gasteiger partial charge in [0.1, 0.15) is 0 Å². The molecule has 1 amide bonds. The fourth-order valence-electron chi connectivity index (χ4n) is 0.142. The first-order chi connectivity index (χ1) is 3.13. The fourth-order valence-corrected chi connectivity index (χ4v) is 0.142. The van der Waals surface area contributed by atoms with Gasteiger partial charge in [0, 0.05) is 6.92 Å². The average Bonchev–Trinajstić information content (AvgIpc) is 1.27. The van der Waals surface area contributed by atoms with Crippen molar-refractivity contribution in [1.29, 1.82) is 0 Å². The number of esters is 1. The van der Waals surface area contributed by atoms with Gasteiger partial charge in [-0.25, -0.2) is 4.79 Å². The summed E-state index contributed by atoms with van der Waals surface area (Å²) in [6.45, 7) is 1.10. The maximum atomic E-state index is 9.73. The molecule has 0 rings (SSSR count). The van der Waals surface area contributed by atoms with Gasteiger partial charge in [0.15, 0.2) is 0 Å². The van der Waals surface area contributed by atoms with Gasteiger partial charge in [0.05, 0.1) is 0 Å². The van der Waals surface area contributed by atoms with Crippen LogP contribution >= 0.6 is 0 Å². The molecule has 0 atom stereocenters. The normalized spacial score (nSPS) is 6.62.